The molecule has 3 heterocycles. The molecule has 1 N–H and O–H groups in total. The largest absolute Gasteiger partial charge is 3.00 e. The van der Waals surface area contributed by atoms with E-state index in [2.05, 4.69) is 15.3 Å². The van der Waals surface area contributed by atoms with Gasteiger partial charge in [-0.1, -0.05) is 0 Å². The first-order valence-electron chi connectivity index (χ1n) is 12.6. The Morgan fingerprint density at radius 3 is 1.55 bits per heavy atom. The van der Waals surface area contributed by atoms with Crippen LogP contribution in [0.1, 0.15) is 12.6 Å². The Bertz CT molecular complexity index is 1150. The van der Waals surface area contributed by atoms with Crippen molar-refractivity contribution in [2.75, 3.05) is 77.3 Å². The molecule has 0 atom stereocenters. The van der Waals surface area contributed by atoms with Gasteiger partial charge in [-0.2, -0.15) is 0 Å². The molecular formula is C25H32GdN7O7. The zero-order valence-electron chi connectivity index (χ0n) is 22.2. The number of carboxylic acid groups (broad SMARTS) is 3. The van der Waals surface area contributed by atoms with Crippen LogP contribution in [0.2, 0.25) is 0 Å². The van der Waals surface area contributed by atoms with Gasteiger partial charge in [0.05, 0.1) is 23.6 Å². The molecule has 1 aliphatic heterocycles. The first-order valence-corrected chi connectivity index (χ1v) is 12.6. The number of pyridine rings is 2. The summed E-state index contributed by atoms with van der Waals surface area (Å²) >= 11 is 0. The van der Waals surface area contributed by atoms with E-state index < -0.39 is 17.9 Å². The van der Waals surface area contributed by atoms with Crippen molar-refractivity contribution in [3.63, 3.8) is 0 Å². The minimum atomic E-state index is -1.27. The third-order valence-corrected chi connectivity index (χ3v) is 6.29. The summed E-state index contributed by atoms with van der Waals surface area (Å²) in [6, 6.07) is 7.22. The molecule has 0 aromatic carbocycles. The van der Waals surface area contributed by atoms with Crippen LogP contribution in [0.4, 0.5) is 5.82 Å². The quantitative estimate of drug-likeness (QED) is 0.264. The number of anilines is 1. The monoisotopic (exact) mass is 700 g/mol. The third kappa shape index (κ3) is 12.0. The van der Waals surface area contributed by atoms with Crippen LogP contribution in [0.15, 0.2) is 24.3 Å². The molecule has 1 radical (unpaired) electrons. The van der Waals surface area contributed by atoms with E-state index in [1.54, 1.807) is 26.8 Å². The van der Waals surface area contributed by atoms with Gasteiger partial charge in [0.25, 0.3) is 0 Å². The van der Waals surface area contributed by atoms with E-state index in [9.17, 15) is 34.5 Å². The number of carbonyl (C=O) groups excluding carboxylic acids is 4. The number of carbonyl (C=O) groups is 4. The Balaban J connectivity index is 0.00000560. The summed E-state index contributed by atoms with van der Waals surface area (Å²) in [6.07, 6.45) is 0. The zero-order chi connectivity index (χ0) is 28.4. The number of nitrogens with one attached hydrogen (secondary N) is 1. The minimum absolute atomic E-state index is 0. The molecule has 3 rings (SSSR count). The molecule has 0 unspecified atom stereocenters. The van der Waals surface area contributed by atoms with E-state index in [4.69, 9.17) is 0 Å². The number of aliphatic carboxylic acids is 3. The van der Waals surface area contributed by atoms with Crippen molar-refractivity contribution in [2.45, 2.75) is 13.5 Å². The SMILES string of the molecule is CC(=O)Nc1ccc2ccc(CN3CCN(CC(=O)[O-])CCN(CC(=O)[O-])CCN(CC(=O)[O-])CC3)nc2n1.[Gd+3]. The summed E-state index contributed by atoms with van der Waals surface area (Å²) in [5.74, 6) is -3.61. The molecule has 1 saturated heterocycles. The number of carboxylic acids is 3. The molecule has 1 aliphatic rings. The predicted molar refractivity (Wildman–Crippen MR) is 133 cm³/mol. The second-order valence-corrected chi connectivity index (χ2v) is 9.45. The molecule has 2 aromatic heterocycles. The van der Waals surface area contributed by atoms with Crippen LogP contribution in [-0.4, -0.2) is 125 Å². The maximum Gasteiger partial charge on any atom is 3.00 e. The van der Waals surface area contributed by atoms with E-state index >= 15 is 0 Å². The smallest absolute Gasteiger partial charge is 0.549 e. The summed E-state index contributed by atoms with van der Waals surface area (Å²) < 4.78 is 0. The third-order valence-electron chi connectivity index (χ3n) is 6.29. The zero-order valence-corrected chi connectivity index (χ0v) is 24.5. The maximum absolute atomic E-state index is 11.4. The topological polar surface area (TPSA) is 188 Å². The molecular weight excluding hydrogens is 668 g/mol. The Morgan fingerprint density at radius 1 is 0.700 bits per heavy atom. The number of nitrogens with zero attached hydrogens (tertiary/aromatic N) is 6. The van der Waals surface area contributed by atoms with Crippen LogP contribution < -0.4 is 20.6 Å². The van der Waals surface area contributed by atoms with E-state index in [1.807, 2.05) is 17.0 Å². The minimum Gasteiger partial charge on any atom is -0.549 e. The number of aromatic nitrogens is 2. The second kappa shape index (κ2) is 16.8. The van der Waals surface area contributed by atoms with Crippen molar-refractivity contribution >= 4 is 40.7 Å². The first kappa shape index (κ1) is 33.8. The predicted octanol–water partition coefficient (Wildman–Crippen LogP) is -4.44. The van der Waals surface area contributed by atoms with Gasteiger partial charge in [-0.3, -0.25) is 24.4 Å². The summed E-state index contributed by atoms with van der Waals surface area (Å²) in [7, 11) is 0. The molecule has 40 heavy (non-hydrogen) atoms. The number of rotatable bonds is 9. The van der Waals surface area contributed by atoms with Crippen LogP contribution in [0.25, 0.3) is 11.0 Å². The summed E-state index contributed by atoms with van der Waals surface area (Å²) in [6.45, 7) is 3.45. The average Bonchev–Trinajstić information content (AvgIpc) is 2.84. The summed E-state index contributed by atoms with van der Waals surface area (Å²) in [5, 5.41) is 37.3. The van der Waals surface area contributed by atoms with Gasteiger partial charge in [0.2, 0.25) is 5.91 Å². The molecule has 14 nitrogen and oxygen atoms in total. The first-order chi connectivity index (χ1) is 18.6. The molecule has 0 spiro atoms. The molecule has 0 bridgehead atoms. The van der Waals surface area contributed by atoms with Crippen LogP contribution in [-0.2, 0) is 25.7 Å². The molecule has 15 heteroatoms. The van der Waals surface area contributed by atoms with E-state index in [0.29, 0.717) is 49.9 Å². The number of hydrogen-bond acceptors (Lipinski definition) is 13. The fourth-order valence-electron chi connectivity index (χ4n) is 4.36. The second-order valence-electron chi connectivity index (χ2n) is 9.45. The standard InChI is InChI=1S/C25H35N7O7.Gd/c1-18(33)26-21-5-3-19-2-4-20(27-25(19)28-21)14-29-6-8-30(15-22(34)35)10-12-32(17-24(38)39)13-11-31(9-7-29)16-23(36)37;/h2-5H,6-17H2,1H3,(H,34,35)(H,36,37)(H,38,39)(H,26,27,28,33);/q;+3/p-3. The average molecular weight is 700 g/mol. The van der Waals surface area contributed by atoms with Gasteiger partial charge >= 0.3 is 39.9 Å². The molecule has 1 fully saturated rings. The number of hydrogen-bond donors (Lipinski definition) is 1. The van der Waals surface area contributed by atoms with Crippen LogP contribution in [0, 0.1) is 39.9 Å². The van der Waals surface area contributed by atoms with Crippen molar-refractivity contribution in [3.05, 3.63) is 30.0 Å². The van der Waals surface area contributed by atoms with Crippen molar-refractivity contribution in [2.24, 2.45) is 0 Å². The van der Waals surface area contributed by atoms with E-state index in [0.717, 1.165) is 5.39 Å². The van der Waals surface area contributed by atoms with E-state index in [1.165, 1.54) is 6.92 Å². The Kier molecular flexibility index (Phi) is 14.2. The van der Waals surface area contributed by atoms with Gasteiger partial charge in [-0.05, 0) is 24.3 Å². The summed E-state index contributed by atoms with van der Waals surface area (Å²) in [4.78, 5) is 61.3. The van der Waals surface area contributed by atoms with Crippen molar-refractivity contribution in [1.29, 1.82) is 0 Å². The fourth-order valence-corrected chi connectivity index (χ4v) is 4.36. The van der Waals surface area contributed by atoms with Crippen LogP contribution >= 0.6 is 0 Å². The van der Waals surface area contributed by atoms with E-state index in [-0.39, 0.29) is 91.7 Å². The van der Waals surface area contributed by atoms with Crippen molar-refractivity contribution in [1.82, 2.24) is 29.6 Å². The van der Waals surface area contributed by atoms with Crippen LogP contribution in [0.3, 0.4) is 0 Å². The number of fused-ring (bicyclic) bond motifs is 1. The Hall–Kier alpha value is -2.40. The molecule has 2 aromatic rings. The fraction of sp³-hybridized carbons (Fsp3) is 0.520. The van der Waals surface area contributed by atoms with Gasteiger partial charge < -0.3 is 35.0 Å². The van der Waals surface area contributed by atoms with Gasteiger partial charge in [0, 0.05) is 90.8 Å². The molecule has 217 valence electrons. The van der Waals surface area contributed by atoms with Crippen molar-refractivity contribution < 1.29 is 74.4 Å². The Labute approximate surface area is 264 Å². The van der Waals surface area contributed by atoms with Crippen LogP contribution in [0.5, 0.6) is 0 Å². The Morgan fingerprint density at radius 2 is 1.12 bits per heavy atom. The normalized spacial score (nSPS) is 16.8. The van der Waals surface area contributed by atoms with Gasteiger partial charge in [-0.25, -0.2) is 9.97 Å². The molecule has 0 saturated carbocycles. The maximum atomic E-state index is 11.4. The molecule has 1 amide bonds. The summed E-state index contributed by atoms with van der Waals surface area (Å²) in [5.41, 5.74) is 1.15. The van der Waals surface area contributed by atoms with Crippen molar-refractivity contribution in [3.8, 4) is 0 Å². The van der Waals surface area contributed by atoms with Gasteiger partial charge in [-0.15, -0.1) is 0 Å². The number of amides is 1. The van der Waals surface area contributed by atoms with Gasteiger partial charge in [0.15, 0.2) is 5.65 Å². The van der Waals surface area contributed by atoms with Gasteiger partial charge in [0.1, 0.15) is 5.82 Å². The molecule has 0 aliphatic carbocycles.